The van der Waals surface area contributed by atoms with E-state index in [0.29, 0.717) is 16.7 Å². The monoisotopic (exact) mass is 233 g/mol. The highest BCUT2D eigenvalue weighted by molar-refractivity contribution is 5.99. The molecule has 17 heavy (non-hydrogen) atoms. The lowest BCUT2D eigenvalue weighted by Crippen LogP contribution is -2.03. The van der Waals surface area contributed by atoms with Gasteiger partial charge in [0.2, 0.25) is 0 Å². The van der Waals surface area contributed by atoms with E-state index in [4.69, 9.17) is 5.53 Å². The third-order valence-electron chi connectivity index (χ3n) is 2.76. The van der Waals surface area contributed by atoms with E-state index in [1.807, 2.05) is 0 Å². The Hall–Kier alpha value is -1.87. The van der Waals surface area contributed by atoms with E-state index >= 15 is 0 Å². The first kappa shape index (κ1) is 11.6. The van der Waals surface area contributed by atoms with Gasteiger partial charge in [-0.2, -0.15) is 0 Å². The summed E-state index contributed by atoms with van der Waals surface area (Å²) in [6.45, 7) is -0.468. The molecule has 0 bridgehead atoms. The molecule has 1 aliphatic rings. The van der Waals surface area contributed by atoms with Gasteiger partial charge in [0.25, 0.3) is 0 Å². The number of Topliss-reactive ketones (excluding diaryl/α,β-unsaturated/α-hetero) is 1. The summed E-state index contributed by atoms with van der Waals surface area (Å²) in [6.07, 6.45) is 1.84. The average molecular weight is 233 g/mol. The van der Waals surface area contributed by atoms with Crippen LogP contribution in [0.25, 0.3) is 10.4 Å². The summed E-state index contributed by atoms with van der Waals surface area (Å²) in [4.78, 5) is 14.5. The SMILES string of the molecule is [N-]=[N+]=NCc1cc(CF)cc(C(=O)C2CC2)c1. The van der Waals surface area contributed by atoms with Gasteiger partial charge < -0.3 is 0 Å². The Kier molecular flexibility index (Phi) is 3.40. The van der Waals surface area contributed by atoms with E-state index in [9.17, 15) is 9.18 Å². The molecule has 0 N–H and O–H groups in total. The number of halogens is 1. The first-order valence-corrected chi connectivity index (χ1v) is 5.48. The van der Waals surface area contributed by atoms with Gasteiger partial charge in [-0.3, -0.25) is 4.79 Å². The zero-order valence-corrected chi connectivity index (χ0v) is 9.27. The van der Waals surface area contributed by atoms with Crippen molar-refractivity contribution in [3.63, 3.8) is 0 Å². The predicted octanol–water partition coefficient (Wildman–Crippen LogP) is 3.56. The Balaban J connectivity index is 2.30. The molecule has 1 aromatic carbocycles. The van der Waals surface area contributed by atoms with E-state index in [1.54, 1.807) is 18.2 Å². The number of carbonyl (C=O) groups excluding carboxylic acids is 1. The summed E-state index contributed by atoms with van der Waals surface area (Å²) in [5.74, 6) is 0.180. The molecule has 0 saturated heterocycles. The van der Waals surface area contributed by atoms with Crippen molar-refractivity contribution in [1.82, 2.24) is 0 Å². The molecule has 1 saturated carbocycles. The number of nitrogens with zero attached hydrogens (tertiary/aromatic N) is 3. The maximum Gasteiger partial charge on any atom is 0.165 e. The van der Waals surface area contributed by atoms with Crippen LogP contribution in [0, 0.1) is 5.92 Å². The zero-order chi connectivity index (χ0) is 12.3. The summed E-state index contributed by atoms with van der Waals surface area (Å²) in [7, 11) is 0. The number of carbonyl (C=O) groups is 1. The molecule has 0 aromatic heterocycles. The van der Waals surface area contributed by atoms with Gasteiger partial charge in [-0.1, -0.05) is 11.2 Å². The summed E-state index contributed by atoms with van der Waals surface area (Å²) < 4.78 is 12.7. The van der Waals surface area contributed by atoms with E-state index in [2.05, 4.69) is 10.0 Å². The lowest BCUT2D eigenvalue weighted by molar-refractivity contribution is 0.0967. The number of rotatable bonds is 5. The highest BCUT2D eigenvalue weighted by Gasteiger charge is 2.30. The molecule has 0 heterocycles. The third kappa shape index (κ3) is 2.82. The van der Waals surface area contributed by atoms with Gasteiger partial charge in [0.15, 0.2) is 5.78 Å². The largest absolute Gasteiger partial charge is 0.294 e. The molecule has 88 valence electrons. The molecule has 1 aromatic rings. The lowest BCUT2D eigenvalue weighted by Gasteiger charge is -2.05. The number of alkyl halides is 1. The molecule has 2 rings (SSSR count). The van der Waals surface area contributed by atoms with E-state index in [-0.39, 0.29) is 18.2 Å². The van der Waals surface area contributed by atoms with Gasteiger partial charge in [-0.25, -0.2) is 4.39 Å². The van der Waals surface area contributed by atoms with Gasteiger partial charge in [0.05, 0.1) is 6.54 Å². The molecule has 0 aliphatic heterocycles. The normalized spacial score (nSPS) is 14.2. The van der Waals surface area contributed by atoms with Crippen LogP contribution in [0.15, 0.2) is 23.3 Å². The van der Waals surface area contributed by atoms with Crippen molar-refractivity contribution in [3.05, 3.63) is 45.3 Å². The highest BCUT2D eigenvalue weighted by Crippen LogP contribution is 2.33. The number of benzene rings is 1. The molecule has 1 aliphatic carbocycles. The molecule has 0 amide bonds. The third-order valence-corrected chi connectivity index (χ3v) is 2.76. The Morgan fingerprint density at radius 3 is 2.71 bits per heavy atom. The maximum absolute atomic E-state index is 12.7. The zero-order valence-electron chi connectivity index (χ0n) is 9.27. The van der Waals surface area contributed by atoms with Gasteiger partial charge >= 0.3 is 0 Å². The summed E-state index contributed by atoms with van der Waals surface area (Å²) in [5, 5.41) is 3.43. The fourth-order valence-corrected chi connectivity index (χ4v) is 1.77. The standard InChI is InChI=1S/C12H12FN3O/c13-6-8-3-9(7-15-16-14)5-11(4-8)12(17)10-1-2-10/h3-5,10H,1-2,6-7H2. The fraction of sp³-hybridized carbons (Fsp3) is 0.417. The Bertz CT molecular complexity index is 491. The summed E-state index contributed by atoms with van der Waals surface area (Å²) >= 11 is 0. The van der Waals surface area contributed by atoms with E-state index in [0.717, 1.165) is 12.8 Å². The van der Waals surface area contributed by atoms with Crippen molar-refractivity contribution >= 4 is 5.78 Å². The molecule has 0 radical (unpaired) electrons. The highest BCUT2D eigenvalue weighted by atomic mass is 19.1. The Morgan fingerprint density at radius 2 is 2.12 bits per heavy atom. The van der Waals surface area contributed by atoms with Gasteiger partial charge in [-0.05, 0) is 41.6 Å². The van der Waals surface area contributed by atoms with Crippen molar-refractivity contribution in [3.8, 4) is 0 Å². The summed E-state index contributed by atoms with van der Waals surface area (Å²) in [5.41, 5.74) is 9.92. The van der Waals surface area contributed by atoms with E-state index in [1.165, 1.54) is 0 Å². The molecule has 1 fully saturated rings. The van der Waals surface area contributed by atoms with Gasteiger partial charge in [0, 0.05) is 16.4 Å². The first-order chi connectivity index (χ1) is 8.24. The van der Waals surface area contributed by atoms with Crippen LogP contribution in [-0.4, -0.2) is 5.78 Å². The number of ketones is 1. The van der Waals surface area contributed by atoms with Crippen LogP contribution in [0.3, 0.4) is 0 Å². The Morgan fingerprint density at radius 1 is 1.41 bits per heavy atom. The van der Waals surface area contributed by atoms with Crippen LogP contribution in [-0.2, 0) is 13.2 Å². The van der Waals surface area contributed by atoms with Crippen LogP contribution in [0.5, 0.6) is 0 Å². The Labute approximate surface area is 98.1 Å². The van der Waals surface area contributed by atoms with Crippen molar-refractivity contribution in [1.29, 1.82) is 0 Å². The van der Waals surface area contributed by atoms with Crippen molar-refractivity contribution in [2.24, 2.45) is 11.0 Å². The minimum Gasteiger partial charge on any atom is -0.294 e. The van der Waals surface area contributed by atoms with E-state index < -0.39 is 6.67 Å². The predicted molar refractivity (Wildman–Crippen MR) is 61.2 cm³/mol. The molecular weight excluding hydrogens is 221 g/mol. The van der Waals surface area contributed by atoms with Gasteiger partial charge in [0.1, 0.15) is 6.67 Å². The number of hydrogen-bond donors (Lipinski definition) is 0. The lowest BCUT2D eigenvalue weighted by atomic mass is 10.0. The topological polar surface area (TPSA) is 65.8 Å². The molecule has 0 spiro atoms. The molecule has 4 nitrogen and oxygen atoms in total. The van der Waals surface area contributed by atoms with Crippen LogP contribution in [0.1, 0.15) is 34.3 Å². The maximum atomic E-state index is 12.7. The molecule has 0 unspecified atom stereocenters. The molecule has 0 atom stereocenters. The van der Waals surface area contributed by atoms with Crippen molar-refractivity contribution < 1.29 is 9.18 Å². The molecular formula is C12H12FN3O. The first-order valence-electron chi connectivity index (χ1n) is 5.48. The quantitative estimate of drug-likeness (QED) is 0.332. The van der Waals surface area contributed by atoms with Gasteiger partial charge in [-0.15, -0.1) is 0 Å². The second kappa shape index (κ2) is 4.97. The number of hydrogen-bond acceptors (Lipinski definition) is 2. The second-order valence-electron chi connectivity index (χ2n) is 4.20. The second-order valence-corrected chi connectivity index (χ2v) is 4.20. The minimum absolute atomic E-state index is 0.0717. The molecule has 5 heteroatoms. The average Bonchev–Trinajstić information content (AvgIpc) is 3.19. The fourth-order valence-electron chi connectivity index (χ4n) is 1.77. The summed E-state index contributed by atoms with van der Waals surface area (Å²) in [6, 6.07) is 4.90. The van der Waals surface area contributed by atoms with Crippen LogP contribution in [0.2, 0.25) is 0 Å². The van der Waals surface area contributed by atoms with Crippen LogP contribution in [0.4, 0.5) is 4.39 Å². The number of azide groups is 1. The van der Waals surface area contributed by atoms with Crippen LogP contribution < -0.4 is 0 Å². The van der Waals surface area contributed by atoms with Crippen molar-refractivity contribution in [2.45, 2.75) is 26.1 Å². The van der Waals surface area contributed by atoms with Crippen LogP contribution >= 0.6 is 0 Å². The van der Waals surface area contributed by atoms with Crippen molar-refractivity contribution in [2.75, 3.05) is 0 Å². The smallest absolute Gasteiger partial charge is 0.165 e. The minimum atomic E-state index is -0.616.